The largest absolute Gasteiger partial charge is 0.497 e. The van der Waals surface area contributed by atoms with Crippen LogP contribution in [-0.4, -0.2) is 51.6 Å². The molecule has 22 heavy (non-hydrogen) atoms. The molecule has 0 heterocycles. The lowest BCUT2D eigenvalue weighted by Gasteiger charge is -2.16. The molecule has 0 aromatic heterocycles. The zero-order valence-corrected chi connectivity index (χ0v) is 13.4. The fourth-order valence-corrected chi connectivity index (χ4v) is 2.12. The molecular formula is C16H25NO5. The number of benzene rings is 1. The molecule has 0 aliphatic rings. The van der Waals surface area contributed by atoms with E-state index < -0.39 is 0 Å². The topological polar surface area (TPSA) is 77.0 Å². The molecule has 124 valence electrons. The zero-order valence-electron chi connectivity index (χ0n) is 13.4. The van der Waals surface area contributed by atoms with Crippen molar-refractivity contribution in [2.24, 2.45) is 0 Å². The van der Waals surface area contributed by atoms with E-state index >= 15 is 0 Å². The number of hydrogen-bond donors (Lipinski definition) is 2. The summed E-state index contributed by atoms with van der Waals surface area (Å²) in [7, 11) is 3.20. The van der Waals surface area contributed by atoms with Gasteiger partial charge in [-0.2, -0.15) is 0 Å². The van der Waals surface area contributed by atoms with Crippen LogP contribution in [0.25, 0.3) is 0 Å². The van der Waals surface area contributed by atoms with Crippen molar-refractivity contribution in [3.05, 3.63) is 23.8 Å². The fraction of sp³-hybridized carbons (Fsp3) is 0.562. The lowest BCUT2D eigenvalue weighted by atomic mass is 9.96. The first kappa shape index (κ1) is 18.3. The first-order chi connectivity index (χ1) is 10.6. The van der Waals surface area contributed by atoms with Gasteiger partial charge in [0.25, 0.3) is 0 Å². The van der Waals surface area contributed by atoms with E-state index in [4.69, 9.17) is 19.3 Å². The van der Waals surface area contributed by atoms with Crippen LogP contribution in [0.3, 0.4) is 0 Å². The van der Waals surface area contributed by atoms with Gasteiger partial charge in [-0.05, 0) is 17.5 Å². The second kappa shape index (κ2) is 10.0. The second-order valence-electron chi connectivity index (χ2n) is 4.90. The molecular weight excluding hydrogens is 286 g/mol. The molecule has 1 atom stereocenters. The second-order valence-corrected chi connectivity index (χ2v) is 4.90. The van der Waals surface area contributed by atoms with Crippen LogP contribution >= 0.6 is 0 Å². The first-order valence-corrected chi connectivity index (χ1v) is 7.29. The predicted octanol–water partition coefficient (Wildman–Crippen LogP) is 1.32. The van der Waals surface area contributed by atoms with Gasteiger partial charge in [0.15, 0.2) is 0 Å². The Morgan fingerprint density at radius 2 is 2.05 bits per heavy atom. The number of methoxy groups -OCH3 is 2. The number of amides is 1. The van der Waals surface area contributed by atoms with Crippen molar-refractivity contribution in [1.82, 2.24) is 5.32 Å². The van der Waals surface area contributed by atoms with Crippen molar-refractivity contribution >= 4 is 5.91 Å². The van der Waals surface area contributed by atoms with Gasteiger partial charge in [0.1, 0.15) is 11.5 Å². The summed E-state index contributed by atoms with van der Waals surface area (Å²) >= 11 is 0. The van der Waals surface area contributed by atoms with Crippen molar-refractivity contribution in [3.8, 4) is 11.5 Å². The van der Waals surface area contributed by atoms with Gasteiger partial charge in [0.05, 0.1) is 34.0 Å². The molecule has 1 rings (SSSR count). The third-order valence-corrected chi connectivity index (χ3v) is 3.27. The van der Waals surface area contributed by atoms with E-state index in [1.165, 1.54) is 0 Å². The highest BCUT2D eigenvalue weighted by Crippen LogP contribution is 2.31. The predicted molar refractivity (Wildman–Crippen MR) is 83.5 cm³/mol. The number of nitrogens with one attached hydrogen (secondary N) is 1. The monoisotopic (exact) mass is 311 g/mol. The molecule has 6 heteroatoms. The van der Waals surface area contributed by atoms with E-state index in [0.717, 1.165) is 11.3 Å². The molecule has 0 spiro atoms. The summed E-state index contributed by atoms with van der Waals surface area (Å²) in [6.45, 7) is 3.08. The van der Waals surface area contributed by atoms with Gasteiger partial charge in [-0.3, -0.25) is 4.79 Å². The average molecular weight is 311 g/mol. The maximum atomic E-state index is 11.9. The molecule has 0 saturated heterocycles. The Hall–Kier alpha value is -1.79. The standard InChI is InChI=1S/C16H25NO5/c1-12(10-16(19)17-6-8-22-9-7-18)14-5-4-13(20-2)11-15(14)21-3/h4-5,11-12,18H,6-10H2,1-3H3,(H,17,19). The van der Waals surface area contributed by atoms with E-state index in [2.05, 4.69) is 5.32 Å². The summed E-state index contributed by atoms with van der Waals surface area (Å²) in [6, 6.07) is 5.58. The molecule has 6 nitrogen and oxygen atoms in total. The minimum Gasteiger partial charge on any atom is -0.497 e. The highest BCUT2D eigenvalue weighted by atomic mass is 16.5. The number of hydrogen-bond acceptors (Lipinski definition) is 5. The molecule has 0 aliphatic carbocycles. The zero-order chi connectivity index (χ0) is 16.4. The Morgan fingerprint density at radius 3 is 2.68 bits per heavy atom. The van der Waals surface area contributed by atoms with Crippen molar-refractivity contribution < 1.29 is 24.1 Å². The molecule has 1 aromatic carbocycles. The number of carbonyl (C=O) groups excluding carboxylic acids is 1. The normalized spacial score (nSPS) is 11.8. The van der Waals surface area contributed by atoms with Crippen LogP contribution < -0.4 is 14.8 Å². The van der Waals surface area contributed by atoms with Crippen molar-refractivity contribution in [1.29, 1.82) is 0 Å². The molecule has 2 N–H and O–H groups in total. The molecule has 0 aliphatic heterocycles. The third-order valence-electron chi connectivity index (χ3n) is 3.27. The van der Waals surface area contributed by atoms with E-state index in [9.17, 15) is 4.79 Å². The van der Waals surface area contributed by atoms with Crippen LogP contribution in [0.4, 0.5) is 0 Å². The van der Waals surface area contributed by atoms with Crippen LogP contribution in [0.15, 0.2) is 18.2 Å². The van der Waals surface area contributed by atoms with Gasteiger partial charge in [-0.1, -0.05) is 13.0 Å². The summed E-state index contributed by atoms with van der Waals surface area (Å²) in [5.41, 5.74) is 0.968. The summed E-state index contributed by atoms with van der Waals surface area (Å²) in [4.78, 5) is 11.9. The highest BCUT2D eigenvalue weighted by molar-refractivity contribution is 5.77. The molecule has 1 aromatic rings. The van der Waals surface area contributed by atoms with Crippen LogP contribution in [-0.2, 0) is 9.53 Å². The van der Waals surface area contributed by atoms with E-state index in [1.54, 1.807) is 14.2 Å². The Kier molecular flexibility index (Phi) is 8.32. The Labute approximate surface area is 131 Å². The molecule has 1 amide bonds. The maximum Gasteiger partial charge on any atom is 0.220 e. The van der Waals surface area contributed by atoms with Crippen molar-refractivity contribution in [3.63, 3.8) is 0 Å². The van der Waals surface area contributed by atoms with Crippen molar-refractivity contribution in [2.45, 2.75) is 19.3 Å². The number of aliphatic hydroxyl groups excluding tert-OH is 1. The van der Waals surface area contributed by atoms with E-state index in [0.29, 0.717) is 25.3 Å². The minimum absolute atomic E-state index is 0.0117. The third kappa shape index (κ3) is 5.91. The number of aliphatic hydroxyl groups is 1. The lowest BCUT2D eigenvalue weighted by molar-refractivity contribution is -0.121. The quantitative estimate of drug-likeness (QED) is 0.637. The van der Waals surface area contributed by atoms with Gasteiger partial charge in [-0.25, -0.2) is 0 Å². The van der Waals surface area contributed by atoms with E-state index in [-0.39, 0.29) is 25.0 Å². The van der Waals surface area contributed by atoms with Gasteiger partial charge in [0.2, 0.25) is 5.91 Å². The SMILES string of the molecule is COc1ccc(C(C)CC(=O)NCCOCCO)c(OC)c1. The summed E-state index contributed by atoms with van der Waals surface area (Å²) in [5.74, 6) is 1.42. The summed E-state index contributed by atoms with van der Waals surface area (Å²) < 4.78 is 15.6. The minimum atomic E-state index is -0.0435. The summed E-state index contributed by atoms with van der Waals surface area (Å²) in [5, 5.41) is 11.4. The number of carbonyl (C=O) groups is 1. The lowest BCUT2D eigenvalue weighted by Crippen LogP contribution is -2.28. The Morgan fingerprint density at radius 1 is 1.27 bits per heavy atom. The van der Waals surface area contributed by atoms with Crippen LogP contribution in [0.5, 0.6) is 11.5 Å². The van der Waals surface area contributed by atoms with Crippen LogP contribution in [0.2, 0.25) is 0 Å². The average Bonchev–Trinajstić information content (AvgIpc) is 2.53. The molecule has 0 bridgehead atoms. The molecule has 0 fully saturated rings. The Bertz CT molecular complexity index is 464. The van der Waals surface area contributed by atoms with Gasteiger partial charge >= 0.3 is 0 Å². The van der Waals surface area contributed by atoms with Crippen LogP contribution in [0.1, 0.15) is 24.8 Å². The van der Waals surface area contributed by atoms with Crippen LogP contribution in [0, 0.1) is 0 Å². The molecule has 0 radical (unpaired) electrons. The smallest absolute Gasteiger partial charge is 0.220 e. The highest BCUT2D eigenvalue weighted by Gasteiger charge is 2.16. The molecule has 1 unspecified atom stereocenters. The number of ether oxygens (including phenoxy) is 3. The summed E-state index contributed by atoms with van der Waals surface area (Å²) in [6.07, 6.45) is 0.364. The fourth-order valence-electron chi connectivity index (χ4n) is 2.12. The maximum absolute atomic E-state index is 11.9. The molecule has 0 saturated carbocycles. The van der Waals surface area contributed by atoms with Gasteiger partial charge in [-0.15, -0.1) is 0 Å². The number of rotatable bonds is 10. The first-order valence-electron chi connectivity index (χ1n) is 7.29. The Balaban J connectivity index is 2.50. The van der Waals surface area contributed by atoms with Crippen molar-refractivity contribution in [2.75, 3.05) is 40.6 Å². The van der Waals surface area contributed by atoms with Gasteiger partial charge < -0.3 is 24.6 Å². The van der Waals surface area contributed by atoms with E-state index in [1.807, 2.05) is 25.1 Å². The van der Waals surface area contributed by atoms with Gasteiger partial charge in [0, 0.05) is 19.0 Å².